The second kappa shape index (κ2) is 13.4. The van der Waals surface area contributed by atoms with Gasteiger partial charge in [0.1, 0.15) is 5.75 Å². The van der Waals surface area contributed by atoms with E-state index in [9.17, 15) is 33.0 Å². The number of rotatable bonds is 8. The van der Waals surface area contributed by atoms with E-state index in [2.05, 4.69) is 4.90 Å². The predicted octanol–water partition coefficient (Wildman–Crippen LogP) is 5.35. The monoisotopic (exact) mass is 643 g/mol. The Morgan fingerprint density at radius 3 is 2.26 bits per heavy atom. The number of carbonyl (C=O) groups is 2. The molecule has 3 heterocycles. The van der Waals surface area contributed by atoms with Crippen molar-refractivity contribution in [3.63, 3.8) is 0 Å². The summed E-state index contributed by atoms with van der Waals surface area (Å²) in [5.41, 5.74) is 1.47. The number of piperidine rings is 1. The Bertz CT molecular complexity index is 1390. The number of aliphatic hydroxyl groups excluding tert-OH is 1. The highest BCUT2D eigenvalue weighted by molar-refractivity contribution is 5.82. The van der Waals surface area contributed by atoms with Crippen molar-refractivity contribution in [2.75, 3.05) is 51.3 Å². The summed E-state index contributed by atoms with van der Waals surface area (Å²) in [6.45, 7) is 2.19. The summed E-state index contributed by atoms with van der Waals surface area (Å²) in [6.07, 6.45) is 1.26. The maximum Gasteiger partial charge on any atom is 0.416 e. The Balaban J connectivity index is 1.27. The number of amides is 1. The fraction of sp³-hybridized carbons (Fsp3) is 0.600. The Hall–Kier alpha value is -3.31. The van der Waals surface area contributed by atoms with E-state index in [-0.39, 0.29) is 30.3 Å². The van der Waals surface area contributed by atoms with Gasteiger partial charge in [0.2, 0.25) is 5.91 Å². The summed E-state index contributed by atoms with van der Waals surface area (Å²) in [6, 6.07) is 11.7. The fourth-order valence-electron chi connectivity index (χ4n) is 8.35. The third kappa shape index (κ3) is 6.58. The lowest BCUT2D eigenvalue weighted by Gasteiger charge is -2.34. The van der Waals surface area contributed by atoms with Crippen molar-refractivity contribution < 1.29 is 37.7 Å². The molecule has 0 bridgehead atoms. The Labute approximate surface area is 268 Å². The Morgan fingerprint density at radius 1 is 0.957 bits per heavy atom. The molecule has 46 heavy (non-hydrogen) atoms. The van der Waals surface area contributed by atoms with Gasteiger partial charge in [0.25, 0.3) is 0 Å². The maximum atomic E-state index is 14.5. The molecule has 0 spiro atoms. The first-order valence-corrected chi connectivity index (χ1v) is 16.6. The molecule has 8 nitrogen and oxygen atoms in total. The third-order valence-corrected chi connectivity index (χ3v) is 10.9. The first kappa shape index (κ1) is 32.6. The highest BCUT2D eigenvalue weighted by Crippen LogP contribution is 2.44. The smallest absolute Gasteiger partial charge is 0.416 e. The number of hydrogen-bond acceptors (Lipinski definition) is 6. The van der Waals surface area contributed by atoms with E-state index in [0.717, 1.165) is 36.8 Å². The largest absolute Gasteiger partial charge is 0.497 e. The number of anilines is 1. The van der Waals surface area contributed by atoms with Gasteiger partial charge in [-0.05, 0) is 67.5 Å². The number of hydrogen-bond donors (Lipinski definition) is 2. The molecule has 2 aromatic carbocycles. The number of nitrogens with zero attached hydrogens (tertiary/aromatic N) is 3. The zero-order valence-electron chi connectivity index (χ0n) is 26.3. The number of carboxylic acid groups (broad SMARTS) is 1. The molecule has 3 aliphatic heterocycles. The highest BCUT2D eigenvalue weighted by Gasteiger charge is 2.47. The number of alkyl halides is 3. The summed E-state index contributed by atoms with van der Waals surface area (Å²) < 4.78 is 46.9. The molecule has 4 aliphatic rings. The molecule has 250 valence electrons. The number of likely N-dealkylation sites (tertiary alicyclic amines) is 2. The van der Waals surface area contributed by atoms with Crippen molar-refractivity contribution in [3.05, 3.63) is 59.2 Å². The van der Waals surface area contributed by atoms with Crippen LogP contribution in [-0.4, -0.2) is 90.4 Å². The zero-order valence-corrected chi connectivity index (χ0v) is 26.3. The van der Waals surface area contributed by atoms with Crippen LogP contribution in [0.25, 0.3) is 0 Å². The SMILES string of the molecule is COc1ccc([C@@H]2CN(C3CCCC3)C[C@H]2C(=O)N2C[C@H](c3ccc(C(F)(F)F)cc3N3CCC(C(=O)O)CC3)C[C@H]2CO)cc1. The van der Waals surface area contributed by atoms with Gasteiger partial charge >= 0.3 is 12.1 Å². The number of halogens is 3. The number of aliphatic carboxylic acids is 1. The molecule has 0 radical (unpaired) electrons. The molecule has 1 saturated carbocycles. The Morgan fingerprint density at radius 2 is 1.65 bits per heavy atom. The molecule has 1 aliphatic carbocycles. The molecule has 1 amide bonds. The van der Waals surface area contributed by atoms with E-state index in [4.69, 9.17) is 4.74 Å². The number of ether oxygens (including phenoxy) is 1. The lowest BCUT2D eigenvalue weighted by molar-refractivity contribution is -0.142. The lowest BCUT2D eigenvalue weighted by atomic mass is 9.87. The van der Waals surface area contributed by atoms with E-state index < -0.39 is 29.7 Å². The zero-order chi connectivity index (χ0) is 32.6. The number of methoxy groups -OCH3 is 1. The van der Waals surface area contributed by atoms with Crippen LogP contribution in [0.5, 0.6) is 5.75 Å². The van der Waals surface area contributed by atoms with Gasteiger partial charge < -0.3 is 24.7 Å². The summed E-state index contributed by atoms with van der Waals surface area (Å²) in [7, 11) is 1.62. The molecule has 0 aromatic heterocycles. The summed E-state index contributed by atoms with van der Waals surface area (Å²) in [5, 5.41) is 19.9. The standard InChI is InChI=1S/C35H44F3N3O5/c1-46-28-9-6-22(7-10-28)30-19-40(26-4-2-3-5-26)20-31(30)33(43)41-18-24(16-27(41)21-42)29-11-8-25(35(36,37)38)17-32(29)39-14-12-23(13-15-39)34(44)45/h6-11,17,23-24,26-27,30-31,42H,2-5,12-16,18-21H2,1H3,(H,44,45)/t24-,27+,30+,31-/m1/s1. The number of carbonyl (C=O) groups excluding carboxylic acids is 1. The summed E-state index contributed by atoms with van der Waals surface area (Å²) >= 11 is 0. The van der Waals surface area contributed by atoms with Crippen molar-refractivity contribution in [1.29, 1.82) is 0 Å². The second-order valence-corrected chi connectivity index (χ2v) is 13.5. The van der Waals surface area contributed by atoms with Gasteiger partial charge in [0.15, 0.2) is 0 Å². The highest BCUT2D eigenvalue weighted by atomic mass is 19.4. The van der Waals surface area contributed by atoms with E-state index in [1.54, 1.807) is 12.0 Å². The lowest BCUT2D eigenvalue weighted by Crippen LogP contribution is -2.43. The van der Waals surface area contributed by atoms with Crippen LogP contribution < -0.4 is 9.64 Å². The third-order valence-electron chi connectivity index (χ3n) is 10.9. The quantitative estimate of drug-likeness (QED) is 0.401. The number of benzene rings is 2. The van der Waals surface area contributed by atoms with Crippen molar-refractivity contribution in [2.24, 2.45) is 11.8 Å². The van der Waals surface area contributed by atoms with E-state index in [1.165, 1.54) is 25.0 Å². The van der Waals surface area contributed by atoms with Crippen LogP contribution in [-0.2, 0) is 15.8 Å². The normalized spacial score (nSPS) is 26.6. The van der Waals surface area contributed by atoms with Crippen LogP contribution in [0.3, 0.4) is 0 Å². The van der Waals surface area contributed by atoms with Gasteiger partial charge in [-0.25, -0.2) is 0 Å². The van der Waals surface area contributed by atoms with Crippen LogP contribution >= 0.6 is 0 Å². The number of carboxylic acids is 1. The average Bonchev–Trinajstić information content (AvgIpc) is 3.84. The van der Waals surface area contributed by atoms with Gasteiger partial charge in [0, 0.05) is 56.3 Å². The maximum absolute atomic E-state index is 14.5. The molecule has 6 rings (SSSR count). The minimum atomic E-state index is -4.53. The van der Waals surface area contributed by atoms with Crippen LogP contribution in [0.15, 0.2) is 42.5 Å². The van der Waals surface area contributed by atoms with E-state index in [1.807, 2.05) is 29.2 Å². The van der Waals surface area contributed by atoms with Crippen molar-refractivity contribution in [3.8, 4) is 5.75 Å². The first-order valence-electron chi connectivity index (χ1n) is 16.6. The minimum absolute atomic E-state index is 0.0152. The molecule has 2 N–H and O–H groups in total. The molecule has 11 heteroatoms. The van der Waals surface area contributed by atoms with Crippen LogP contribution in [0.2, 0.25) is 0 Å². The van der Waals surface area contributed by atoms with Crippen molar-refractivity contribution >= 4 is 17.6 Å². The van der Waals surface area contributed by atoms with Crippen LogP contribution in [0.1, 0.15) is 73.5 Å². The van der Waals surface area contributed by atoms with Crippen molar-refractivity contribution in [2.45, 2.75) is 75.0 Å². The predicted molar refractivity (Wildman–Crippen MR) is 167 cm³/mol. The topological polar surface area (TPSA) is 93.6 Å². The molecule has 3 saturated heterocycles. The van der Waals surface area contributed by atoms with Gasteiger partial charge in [0.05, 0.1) is 37.2 Å². The molecular formula is C35H44F3N3O5. The first-order chi connectivity index (χ1) is 22.1. The summed E-state index contributed by atoms with van der Waals surface area (Å²) in [5.74, 6) is -1.25. The fourth-order valence-corrected chi connectivity index (χ4v) is 8.35. The molecule has 2 aromatic rings. The van der Waals surface area contributed by atoms with E-state index >= 15 is 0 Å². The van der Waals surface area contributed by atoms with Gasteiger partial charge in [-0.1, -0.05) is 31.0 Å². The molecule has 0 unspecified atom stereocenters. The molecular weight excluding hydrogens is 599 g/mol. The van der Waals surface area contributed by atoms with Gasteiger partial charge in [-0.2, -0.15) is 13.2 Å². The second-order valence-electron chi connectivity index (χ2n) is 13.5. The molecule has 4 atom stereocenters. The van der Waals surface area contributed by atoms with Crippen LogP contribution in [0.4, 0.5) is 18.9 Å². The average molecular weight is 644 g/mol. The van der Waals surface area contributed by atoms with Crippen LogP contribution in [0, 0.1) is 11.8 Å². The van der Waals surface area contributed by atoms with Gasteiger partial charge in [-0.3, -0.25) is 14.5 Å². The van der Waals surface area contributed by atoms with E-state index in [0.29, 0.717) is 62.7 Å². The Kier molecular flexibility index (Phi) is 9.53. The van der Waals surface area contributed by atoms with Crippen molar-refractivity contribution in [1.82, 2.24) is 9.80 Å². The summed E-state index contributed by atoms with van der Waals surface area (Å²) in [4.78, 5) is 32.1. The number of aliphatic hydroxyl groups is 1. The van der Waals surface area contributed by atoms with Gasteiger partial charge in [-0.15, -0.1) is 0 Å². The minimum Gasteiger partial charge on any atom is -0.497 e. The molecule has 4 fully saturated rings.